The van der Waals surface area contributed by atoms with Gasteiger partial charge >= 0.3 is 0 Å². The Morgan fingerprint density at radius 1 is 0.714 bits per heavy atom. The summed E-state index contributed by atoms with van der Waals surface area (Å²) < 4.78 is 4.94. The Kier molecular flexibility index (Phi) is 24.0. The predicted octanol–water partition coefficient (Wildman–Crippen LogP) is -1.46. The Hall–Kier alpha value is -1.84. The molecule has 0 aromatic carbocycles. The number of hydrogen-bond donors (Lipinski definition) is 8. The molecule has 1 fully saturated rings. The van der Waals surface area contributed by atoms with Gasteiger partial charge in [-0.25, -0.2) is 0 Å². The van der Waals surface area contributed by atoms with Crippen LogP contribution in [0.25, 0.3) is 0 Å². The van der Waals surface area contributed by atoms with Gasteiger partial charge in [0.2, 0.25) is 0 Å². The highest BCUT2D eigenvalue weighted by atomic mass is 79.9. The van der Waals surface area contributed by atoms with Crippen LogP contribution >= 0.6 is 15.9 Å². The van der Waals surface area contributed by atoms with E-state index in [0.717, 1.165) is 27.7 Å². The predicted molar refractivity (Wildman–Crippen MR) is 95.9 cm³/mol. The first-order valence-corrected chi connectivity index (χ1v) is 8.15. The standard InChI is InChI=1S/C6H11BrO5.4C2H4O2/c7-6-5(11)4(10)3(9)2(1-8)12-6;4*1-2(3)4/h2-6,8-11H,1H2;4*1H3,(H,3,4)/t2-,3-,4+,5-,6+;;;;/m1..../s1. The zero-order chi connectivity index (χ0) is 23.6. The average Bonchev–Trinajstić information content (AvgIpc) is 2.46. The average molecular weight is 483 g/mol. The SMILES string of the molecule is CC(=O)O.CC(=O)O.CC(=O)O.CC(=O)O.OC[C@H]1O[C@H](Br)[C@H](O)[C@@H](O)[C@@H]1O. The molecule has 5 atom stereocenters. The van der Waals surface area contributed by atoms with E-state index in [1.54, 1.807) is 0 Å². The Labute approximate surface area is 168 Å². The number of alkyl halides is 1. The first-order valence-electron chi connectivity index (χ1n) is 7.23. The van der Waals surface area contributed by atoms with Crippen LogP contribution in [0.3, 0.4) is 0 Å². The summed E-state index contributed by atoms with van der Waals surface area (Å²) >= 11 is 2.95. The minimum Gasteiger partial charge on any atom is -0.481 e. The van der Waals surface area contributed by atoms with Crippen LogP contribution in [0, 0.1) is 0 Å². The number of aliphatic carboxylic acids is 4. The molecular formula is C14H27BrO13. The highest BCUT2D eigenvalue weighted by molar-refractivity contribution is 9.09. The van der Waals surface area contributed by atoms with E-state index in [1.165, 1.54) is 0 Å². The third-order valence-corrected chi connectivity index (χ3v) is 2.59. The van der Waals surface area contributed by atoms with Gasteiger partial charge < -0.3 is 45.6 Å². The molecule has 1 saturated heterocycles. The lowest BCUT2D eigenvalue weighted by molar-refractivity contribution is -0.203. The van der Waals surface area contributed by atoms with Crippen molar-refractivity contribution in [1.82, 2.24) is 0 Å². The summed E-state index contributed by atoms with van der Waals surface area (Å²) in [6.45, 7) is 3.94. The maximum absolute atomic E-state index is 9.21. The van der Waals surface area contributed by atoms with Gasteiger partial charge in [-0.1, -0.05) is 15.9 Å². The molecule has 1 rings (SSSR count). The molecule has 0 unspecified atom stereocenters. The van der Waals surface area contributed by atoms with E-state index in [2.05, 4.69) is 15.9 Å². The third kappa shape index (κ3) is 31.9. The number of carbonyl (C=O) groups is 4. The van der Waals surface area contributed by atoms with Gasteiger partial charge in [0.15, 0.2) is 0 Å². The van der Waals surface area contributed by atoms with E-state index in [-0.39, 0.29) is 0 Å². The highest BCUT2D eigenvalue weighted by Gasteiger charge is 2.42. The van der Waals surface area contributed by atoms with Crippen molar-refractivity contribution in [2.75, 3.05) is 6.61 Å². The van der Waals surface area contributed by atoms with Crippen LogP contribution < -0.4 is 0 Å². The van der Waals surface area contributed by atoms with Crippen molar-refractivity contribution in [2.45, 2.75) is 57.1 Å². The second kappa shape index (κ2) is 19.9. The van der Waals surface area contributed by atoms with Gasteiger partial charge in [-0.2, -0.15) is 0 Å². The smallest absolute Gasteiger partial charge is 0.300 e. The van der Waals surface area contributed by atoms with Gasteiger partial charge in [0.1, 0.15) is 29.4 Å². The van der Waals surface area contributed by atoms with Gasteiger partial charge in [0, 0.05) is 27.7 Å². The van der Waals surface area contributed by atoms with Crippen LogP contribution in [0.5, 0.6) is 0 Å². The van der Waals surface area contributed by atoms with Crippen LogP contribution in [0.1, 0.15) is 27.7 Å². The lowest BCUT2D eigenvalue weighted by Gasteiger charge is -2.37. The first kappa shape index (κ1) is 33.7. The van der Waals surface area contributed by atoms with Crippen LogP contribution in [0.2, 0.25) is 0 Å². The van der Waals surface area contributed by atoms with E-state index in [0.29, 0.717) is 0 Å². The molecule has 0 amide bonds. The van der Waals surface area contributed by atoms with Gasteiger partial charge in [0.25, 0.3) is 23.9 Å². The number of carboxylic acids is 4. The number of hydrogen-bond acceptors (Lipinski definition) is 9. The third-order valence-electron chi connectivity index (χ3n) is 1.83. The molecule has 0 spiro atoms. The second-order valence-corrected chi connectivity index (χ2v) is 5.66. The number of carboxylic acid groups (broad SMARTS) is 4. The van der Waals surface area contributed by atoms with E-state index in [1.807, 2.05) is 0 Å². The van der Waals surface area contributed by atoms with Crippen LogP contribution in [-0.2, 0) is 23.9 Å². The van der Waals surface area contributed by atoms with E-state index in [4.69, 9.17) is 54.6 Å². The Balaban J connectivity index is -0.000000150. The van der Waals surface area contributed by atoms with Crippen molar-refractivity contribution < 1.29 is 64.8 Å². The van der Waals surface area contributed by atoms with Crippen molar-refractivity contribution in [2.24, 2.45) is 0 Å². The van der Waals surface area contributed by atoms with Crippen LogP contribution in [0.4, 0.5) is 0 Å². The summed E-state index contributed by atoms with van der Waals surface area (Å²) in [6, 6.07) is 0. The minimum atomic E-state index is -1.29. The Morgan fingerprint density at radius 2 is 0.964 bits per heavy atom. The van der Waals surface area contributed by atoms with E-state index < -0.39 is 59.9 Å². The van der Waals surface area contributed by atoms with Crippen molar-refractivity contribution in [1.29, 1.82) is 0 Å². The van der Waals surface area contributed by atoms with Crippen molar-refractivity contribution in [3.8, 4) is 0 Å². The topological polar surface area (TPSA) is 239 Å². The number of halogens is 1. The maximum atomic E-state index is 9.21. The van der Waals surface area contributed by atoms with Gasteiger partial charge in [-0.05, 0) is 0 Å². The second-order valence-electron chi connectivity index (χ2n) is 4.76. The fourth-order valence-corrected chi connectivity index (χ4v) is 1.65. The summed E-state index contributed by atoms with van der Waals surface area (Å²) in [5.74, 6) is -3.33. The van der Waals surface area contributed by atoms with Gasteiger partial charge in [-0.15, -0.1) is 0 Å². The quantitative estimate of drug-likeness (QED) is 0.199. The molecule has 14 heteroatoms. The summed E-state index contributed by atoms with van der Waals surface area (Å²) in [4.78, 5) is 36.0. The molecule has 0 aromatic heterocycles. The molecule has 0 bridgehead atoms. The molecule has 1 aliphatic heterocycles. The summed E-state index contributed by atoms with van der Waals surface area (Å²) in [7, 11) is 0. The molecule has 28 heavy (non-hydrogen) atoms. The van der Waals surface area contributed by atoms with Gasteiger partial charge in [0.05, 0.1) is 6.61 Å². The van der Waals surface area contributed by atoms with E-state index >= 15 is 0 Å². The zero-order valence-electron chi connectivity index (χ0n) is 15.6. The molecule has 0 aliphatic carbocycles. The Morgan fingerprint density at radius 3 is 1.18 bits per heavy atom. The first-order chi connectivity index (χ1) is 12.5. The zero-order valence-corrected chi connectivity index (χ0v) is 17.2. The number of ether oxygens (including phenoxy) is 1. The maximum Gasteiger partial charge on any atom is 0.300 e. The molecule has 0 saturated carbocycles. The molecule has 8 N–H and O–H groups in total. The van der Waals surface area contributed by atoms with Crippen molar-refractivity contribution in [3.63, 3.8) is 0 Å². The number of aliphatic hydroxyl groups is 4. The molecule has 1 aliphatic rings. The van der Waals surface area contributed by atoms with Crippen LogP contribution in [0.15, 0.2) is 0 Å². The summed E-state index contributed by atoms with van der Waals surface area (Å²) in [5, 5.41) is 65.2. The van der Waals surface area contributed by atoms with Gasteiger partial charge in [-0.3, -0.25) is 19.2 Å². The van der Waals surface area contributed by atoms with E-state index in [9.17, 15) is 10.2 Å². The largest absolute Gasteiger partial charge is 0.481 e. The van der Waals surface area contributed by atoms with Crippen molar-refractivity contribution in [3.05, 3.63) is 0 Å². The lowest BCUT2D eigenvalue weighted by Crippen LogP contribution is -2.56. The molecule has 13 nitrogen and oxygen atoms in total. The fraction of sp³-hybridized carbons (Fsp3) is 0.714. The lowest BCUT2D eigenvalue weighted by atomic mass is 10.0. The molecular weight excluding hydrogens is 456 g/mol. The highest BCUT2D eigenvalue weighted by Crippen LogP contribution is 2.24. The van der Waals surface area contributed by atoms with Crippen molar-refractivity contribution >= 4 is 39.8 Å². The Bertz CT molecular complexity index is 388. The number of aliphatic hydroxyl groups excluding tert-OH is 4. The molecule has 0 radical (unpaired) electrons. The number of rotatable bonds is 1. The minimum absolute atomic E-state index is 0.396. The van der Waals surface area contributed by atoms with Crippen LogP contribution in [-0.4, -0.2) is 101 Å². The summed E-state index contributed by atoms with van der Waals surface area (Å²) in [6.07, 6.45) is -4.57. The molecule has 1 heterocycles. The summed E-state index contributed by atoms with van der Waals surface area (Å²) in [5.41, 5.74) is 0. The fourth-order valence-electron chi connectivity index (χ4n) is 1.06. The molecule has 0 aromatic rings. The molecule has 168 valence electrons. The normalized spacial score (nSPS) is 24.7. The monoisotopic (exact) mass is 482 g/mol.